The molecule has 0 spiro atoms. The Bertz CT molecular complexity index is 1490. The summed E-state index contributed by atoms with van der Waals surface area (Å²) in [5.74, 6) is 1.48. The minimum atomic E-state index is -3.62. The molecular formula is C25H25N3O6S2. The molecule has 3 heterocycles. The number of rotatable bonds is 7. The van der Waals surface area contributed by atoms with E-state index in [1.54, 1.807) is 19.2 Å². The van der Waals surface area contributed by atoms with Gasteiger partial charge in [0, 0.05) is 29.8 Å². The van der Waals surface area contributed by atoms with Gasteiger partial charge in [0.2, 0.25) is 15.9 Å². The Morgan fingerprint density at radius 3 is 2.44 bits per heavy atom. The van der Waals surface area contributed by atoms with Gasteiger partial charge in [0.05, 0.1) is 19.1 Å². The quantitative estimate of drug-likeness (QED) is 0.374. The Hall–Kier alpha value is -3.41. The summed E-state index contributed by atoms with van der Waals surface area (Å²) in [4.78, 5) is 17.6. The van der Waals surface area contributed by atoms with Crippen molar-refractivity contribution < 1.29 is 27.1 Å². The van der Waals surface area contributed by atoms with Crippen LogP contribution in [0.15, 0.2) is 63.2 Å². The highest BCUT2D eigenvalue weighted by Crippen LogP contribution is 2.32. The van der Waals surface area contributed by atoms with Crippen LogP contribution >= 0.6 is 11.3 Å². The second-order valence-electron chi connectivity index (χ2n) is 8.40. The highest BCUT2D eigenvalue weighted by atomic mass is 32.2. The van der Waals surface area contributed by atoms with Gasteiger partial charge in [-0.3, -0.25) is 4.79 Å². The van der Waals surface area contributed by atoms with Crippen molar-refractivity contribution in [2.45, 2.75) is 17.7 Å². The summed E-state index contributed by atoms with van der Waals surface area (Å²) >= 11 is 1.32. The predicted octanol–water partition coefficient (Wildman–Crippen LogP) is 4.61. The van der Waals surface area contributed by atoms with Crippen molar-refractivity contribution in [3.05, 3.63) is 53.9 Å². The first-order valence-electron chi connectivity index (χ1n) is 11.4. The van der Waals surface area contributed by atoms with E-state index in [-0.39, 0.29) is 29.8 Å². The molecule has 1 saturated heterocycles. The summed E-state index contributed by atoms with van der Waals surface area (Å²) in [5.41, 5.74) is 1.35. The van der Waals surface area contributed by atoms with Crippen LogP contribution in [0, 0.1) is 5.92 Å². The first-order chi connectivity index (χ1) is 17.4. The number of benzene rings is 2. The largest absolute Gasteiger partial charge is 0.497 e. The van der Waals surface area contributed by atoms with E-state index in [2.05, 4.69) is 10.3 Å². The lowest BCUT2D eigenvalue weighted by Gasteiger charge is -2.30. The molecule has 1 N–H and O–H groups in total. The second-order valence-corrected chi connectivity index (χ2v) is 11.2. The molecular weight excluding hydrogens is 502 g/mol. The molecule has 0 radical (unpaired) electrons. The zero-order valence-corrected chi connectivity index (χ0v) is 21.4. The summed E-state index contributed by atoms with van der Waals surface area (Å²) in [6.07, 6.45) is 0.871. The number of hydrogen-bond donors (Lipinski definition) is 1. The number of nitrogens with zero attached hydrogens (tertiary/aromatic N) is 2. The van der Waals surface area contributed by atoms with Gasteiger partial charge in [-0.15, -0.1) is 11.3 Å². The number of sulfonamides is 1. The number of ether oxygens (including phenoxy) is 2. The lowest BCUT2D eigenvalue weighted by atomic mass is 9.97. The average Bonchev–Trinajstić information content (AvgIpc) is 3.55. The zero-order valence-electron chi connectivity index (χ0n) is 19.8. The van der Waals surface area contributed by atoms with Gasteiger partial charge in [0.15, 0.2) is 10.9 Å². The monoisotopic (exact) mass is 527 g/mol. The van der Waals surface area contributed by atoms with Crippen molar-refractivity contribution >= 4 is 43.4 Å². The number of fused-ring (bicyclic) bond motifs is 1. The number of furan rings is 1. The van der Waals surface area contributed by atoms with E-state index in [1.165, 1.54) is 34.9 Å². The summed E-state index contributed by atoms with van der Waals surface area (Å²) in [6, 6.07) is 13.8. The zero-order chi connectivity index (χ0) is 25.3. The van der Waals surface area contributed by atoms with Crippen molar-refractivity contribution in [3.63, 3.8) is 0 Å². The molecule has 0 unspecified atom stereocenters. The molecule has 9 nitrogen and oxygen atoms in total. The maximum Gasteiger partial charge on any atom is 0.243 e. The second kappa shape index (κ2) is 9.92. The molecule has 0 aliphatic carbocycles. The molecule has 0 saturated carbocycles. The molecule has 1 aliphatic heterocycles. The van der Waals surface area contributed by atoms with Gasteiger partial charge >= 0.3 is 0 Å². The fraction of sp³-hybridized carbons (Fsp3) is 0.280. The Morgan fingerprint density at radius 2 is 1.75 bits per heavy atom. The molecule has 2 aromatic carbocycles. The van der Waals surface area contributed by atoms with Crippen molar-refractivity contribution in [1.82, 2.24) is 9.29 Å². The Labute approximate surface area is 212 Å². The van der Waals surface area contributed by atoms with Crippen LogP contribution in [-0.4, -0.2) is 50.9 Å². The minimum absolute atomic E-state index is 0.160. The first-order valence-corrected chi connectivity index (χ1v) is 13.7. The number of nitrogens with one attached hydrogen (secondary N) is 1. The average molecular weight is 528 g/mol. The van der Waals surface area contributed by atoms with Crippen LogP contribution in [-0.2, 0) is 14.8 Å². The van der Waals surface area contributed by atoms with Crippen molar-refractivity contribution in [2.75, 3.05) is 32.6 Å². The van der Waals surface area contributed by atoms with E-state index in [9.17, 15) is 13.2 Å². The van der Waals surface area contributed by atoms with Gasteiger partial charge < -0.3 is 19.2 Å². The number of thiazole rings is 1. The van der Waals surface area contributed by atoms with Gasteiger partial charge in [-0.25, -0.2) is 13.4 Å². The number of amides is 1. The molecule has 2 aromatic heterocycles. The first kappa shape index (κ1) is 24.3. The number of methoxy groups -OCH3 is 2. The van der Waals surface area contributed by atoms with Gasteiger partial charge in [0.25, 0.3) is 0 Å². The Kier molecular flexibility index (Phi) is 6.69. The maximum absolute atomic E-state index is 13.0. The van der Waals surface area contributed by atoms with E-state index < -0.39 is 10.0 Å². The van der Waals surface area contributed by atoms with Crippen LogP contribution < -0.4 is 14.8 Å². The molecule has 5 rings (SSSR count). The van der Waals surface area contributed by atoms with Crippen LogP contribution in [0.2, 0.25) is 0 Å². The lowest BCUT2D eigenvalue weighted by Crippen LogP contribution is -2.41. The molecule has 11 heteroatoms. The van der Waals surface area contributed by atoms with Gasteiger partial charge in [0.1, 0.15) is 22.8 Å². The van der Waals surface area contributed by atoms with Gasteiger partial charge in [-0.2, -0.15) is 4.31 Å². The van der Waals surface area contributed by atoms with Crippen LogP contribution in [0.25, 0.3) is 22.4 Å². The van der Waals surface area contributed by atoms with Crippen LogP contribution in [0.5, 0.6) is 11.5 Å². The standard InChI is InChI=1S/C25H25N3O6S2/c1-32-18-3-6-20(7-4-18)36(30,31)28-11-9-16(10-12-28)24(29)27-25-26-21(15-35-25)23-14-17-13-19(33-2)5-8-22(17)34-23/h3-8,13-16H,9-12H2,1-2H3,(H,26,27,29). The number of aromatic nitrogens is 1. The molecule has 1 amide bonds. The Balaban J connectivity index is 1.20. The number of hydrogen-bond acceptors (Lipinski definition) is 8. The third-order valence-electron chi connectivity index (χ3n) is 6.23. The van der Waals surface area contributed by atoms with Gasteiger partial charge in [-0.1, -0.05) is 0 Å². The SMILES string of the molecule is COc1ccc(S(=O)(=O)N2CCC(C(=O)Nc3nc(-c4cc5cc(OC)ccc5o4)cs3)CC2)cc1. The molecule has 1 fully saturated rings. The molecule has 36 heavy (non-hydrogen) atoms. The highest BCUT2D eigenvalue weighted by Gasteiger charge is 2.32. The summed E-state index contributed by atoms with van der Waals surface area (Å²) in [7, 11) is -0.478. The van der Waals surface area contributed by atoms with Crippen LogP contribution in [0.4, 0.5) is 5.13 Å². The summed E-state index contributed by atoms with van der Waals surface area (Å²) in [5, 5.41) is 6.08. The number of anilines is 1. The maximum atomic E-state index is 13.0. The van der Waals surface area contributed by atoms with Crippen LogP contribution in [0.3, 0.4) is 0 Å². The van der Waals surface area contributed by atoms with E-state index in [0.717, 1.165) is 16.7 Å². The third-order valence-corrected chi connectivity index (χ3v) is 8.90. The summed E-state index contributed by atoms with van der Waals surface area (Å²) in [6.45, 7) is 0.552. The number of piperidine rings is 1. The van der Waals surface area contributed by atoms with E-state index in [0.29, 0.717) is 35.2 Å². The van der Waals surface area contributed by atoms with E-state index in [4.69, 9.17) is 13.9 Å². The lowest BCUT2D eigenvalue weighted by molar-refractivity contribution is -0.120. The minimum Gasteiger partial charge on any atom is -0.497 e. The number of carbonyl (C=O) groups is 1. The van der Waals surface area contributed by atoms with Crippen molar-refractivity contribution in [2.24, 2.45) is 5.92 Å². The molecule has 0 atom stereocenters. The third kappa shape index (κ3) is 4.81. The fourth-order valence-electron chi connectivity index (χ4n) is 4.18. The topological polar surface area (TPSA) is 111 Å². The highest BCUT2D eigenvalue weighted by molar-refractivity contribution is 7.89. The van der Waals surface area contributed by atoms with Crippen molar-refractivity contribution in [1.29, 1.82) is 0 Å². The molecule has 1 aliphatic rings. The Morgan fingerprint density at radius 1 is 1.06 bits per heavy atom. The van der Waals surface area contributed by atoms with E-state index in [1.807, 2.05) is 29.6 Å². The summed E-state index contributed by atoms with van der Waals surface area (Å²) < 4.78 is 43.6. The van der Waals surface area contributed by atoms with Gasteiger partial charge in [-0.05, 0) is 61.4 Å². The molecule has 0 bridgehead atoms. The van der Waals surface area contributed by atoms with Crippen molar-refractivity contribution in [3.8, 4) is 23.0 Å². The molecule has 188 valence electrons. The normalized spacial score (nSPS) is 15.2. The number of carbonyl (C=O) groups excluding carboxylic acids is 1. The van der Waals surface area contributed by atoms with E-state index >= 15 is 0 Å². The smallest absolute Gasteiger partial charge is 0.243 e. The van der Waals surface area contributed by atoms with Crippen LogP contribution in [0.1, 0.15) is 12.8 Å². The fourth-order valence-corrected chi connectivity index (χ4v) is 6.35. The predicted molar refractivity (Wildman–Crippen MR) is 137 cm³/mol. The molecule has 4 aromatic rings.